The lowest BCUT2D eigenvalue weighted by atomic mass is 10.1. The van der Waals surface area contributed by atoms with Crippen LogP contribution in [-0.2, 0) is 0 Å². The zero-order chi connectivity index (χ0) is 15.9. The number of hydrazone groups is 1. The number of hydrogen-bond acceptors (Lipinski definition) is 6. The molecule has 7 nitrogen and oxygen atoms in total. The number of carbonyl (C=O) groups is 1. The van der Waals surface area contributed by atoms with E-state index in [4.69, 9.17) is 18.6 Å². The number of benzene rings is 1. The molecule has 2 aromatic rings. The maximum Gasteiger partial charge on any atom is 0.275 e. The first kappa shape index (κ1) is 15.4. The Labute approximate surface area is 127 Å². The van der Waals surface area contributed by atoms with E-state index < -0.39 is 5.91 Å². The van der Waals surface area contributed by atoms with Crippen LogP contribution in [0.1, 0.15) is 15.9 Å². The Bertz CT molecular complexity index is 665. The van der Waals surface area contributed by atoms with Gasteiger partial charge in [-0.05, 0) is 6.07 Å². The fraction of sp³-hybridized carbons (Fsp3) is 0.200. The van der Waals surface area contributed by atoms with Crippen molar-refractivity contribution in [2.24, 2.45) is 5.10 Å². The van der Waals surface area contributed by atoms with Crippen LogP contribution in [0.5, 0.6) is 17.2 Å². The first-order valence-corrected chi connectivity index (χ1v) is 6.35. The van der Waals surface area contributed by atoms with Crippen LogP contribution in [0, 0.1) is 0 Å². The smallest absolute Gasteiger partial charge is 0.275 e. The number of furan rings is 1. The third kappa shape index (κ3) is 3.38. The molecule has 0 atom stereocenters. The molecule has 0 spiro atoms. The maximum atomic E-state index is 12.2. The van der Waals surface area contributed by atoms with Crippen molar-refractivity contribution in [3.8, 4) is 17.2 Å². The summed E-state index contributed by atoms with van der Waals surface area (Å²) in [5.41, 5.74) is 3.43. The van der Waals surface area contributed by atoms with Crippen molar-refractivity contribution in [1.82, 2.24) is 5.43 Å². The molecule has 1 N–H and O–H groups in total. The third-order valence-corrected chi connectivity index (χ3v) is 2.87. The molecule has 1 aromatic heterocycles. The second-order valence-electron chi connectivity index (χ2n) is 4.16. The van der Waals surface area contributed by atoms with E-state index in [0.29, 0.717) is 17.2 Å². The van der Waals surface area contributed by atoms with E-state index in [0.717, 1.165) is 5.56 Å². The number of amides is 1. The second kappa shape index (κ2) is 7.16. The fourth-order valence-electron chi connectivity index (χ4n) is 1.78. The van der Waals surface area contributed by atoms with Crippen molar-refractivity contribution < 1.29 is 23.4 Å². The van der Waals surface area contributed by atoms with Crippen LogP contribution in [-0.4, -0.2) is 33.5 Å². The van der Waals surface area contributed by atoms with Gasteiger partial charge < -0.3 is 18.6 Å². The molecule has 1 aromatic carbocycles. The number of nitrogens with one attached hydrogen (secondary N) is 1. The standard InChI is InChI=1S/C15H16N2O5/c1-19-12-7-14(21-3)13(20-2)6-11(12)15(18)17-16-8-10-4-5-22-9-10/h4-9H,1-3H3,(H,17,18). The summed E-state index contributed by atoms with van der Waals surface area (Å²) in [6.45, 7) is 0. The van der Waals surface area contributed by atoms with Crippen LogP contribution in [0.15, 0.2) is 40.2 Å². The molecule has 2 rings (SSSR count). The van der Waals surface area contributed by atoms with Crippen molar-refractivity contribution >= 4 is 12.1 Å². The first-order valence-electron chi connectivity index (χ1n) is 6.35. The summed E-state index contributed by atoms with van der Waals surface area (Å²) in [6, 6.07) is 4.82. The molecular formula is C15H16N2O5. The van der Waals surface area contributed by atoms with Crippen LogP contribution in [0.25, 0.3) is 0 Å². The van der Waals surface area contributed by atoms with E-state index in [2.05, 4.69) is 10.5 Å². The zero-order valence-electron chi connectivity index (χ0n) is 12.5. The molecule has 1 heterocycles. The summed E-state index contributed by atoms with van der Waals surface area (Å²) < 4.78 is 20.4. The molecule has 0 aliphatic carbocycles. The minimum Gasteiger partial charge on any atom is -0.496 e. The molecule has 0 unspecified atom stereocenters. The Hall–Kier alpha value is -2.96. The Morgan fingerprint density at radius 1 is 1.14 bits per heavy atom. The second-order valence-corrected chi connectivity index (χ2v) is 4.16. The monoisotopic (exact) mass is 304 g/mol. The number of rotatable bonds is 6. The predicted molar refractivity (Wildman–Crippen MR) is 79.9 cm³/mol. The van der Waals surface area contributed by atoms with E-state index in [9.17, 15) is 4.79 Å². The lowest BCUT2D eigenvalue weighted by molar-refractivity contribution is 0.0951. The summed E-state index contributed by atoms with van der Waals surface area (Å²) in [5, 5.41) is 3.85. The Kier molecular flexibility index (Phi) is 5.02. The largest absolute Gasteiger partial charge is 0.496 e. The summed E-state index contributed by atoms with van der Waals surface area (Å²) >= 11 is 0. The van der Waals surface area contributed by atoms with Gasteiger partial charge in [0.05, 0.1) is 45.6 Å². The van der Waals surface area contributed by atoms with Gasteiger partial charge in [-0.25, -0.2) is 5.43 Å². The van der Waals surface area contributed by atoms with Crippen LogP contribution in [0.4, 0.5) is 0 Å². The highest BCUT2D eigenvalue weighted by molar-refractivity contribution is 5.98. The molecule has 0 aliphatic heterocycles. The average molecular weight is 304 g/mol. The van der Waals surface area contributed by atoms with Crippen LogP contribution in [0.2, 0.25) is 0 Å². The van der Waals surface area contributed by atoms with Gasteiger partial charge in [0, 0.05) is 17.7 Å². The SMILES string of the molecule is COc1cc(OC)c(C(=O)NN=Cc2ccoc2)cc1OC. The topological polar surface area (TPSA) is 82.3 Å². The molecular weight excluding hydrogens is 288 g/mol. The lowest BCUT2D eigenvalue weighted by Gasteiger charge is -2.12. The minimum atomic E-state index is -0.433. The zero-order valence-corrected chi connectivity index (χ0v) is 12.5. The molecule has 1 amide bonds. The van der Waals surface area contributed by atoms with Crippen LogP contribution < -0.4 is 19.6 Å². The molecule has 0 saturated carbocycles. The molecule has 22 heavy (non-hydrogen) atoms. The Morgan fingerprint density at radius 2 is 1.82 bits per heavy atom. The van der Waals surface area contributed by atoms with Crippen LogP contribution >= 0.6 is 0 Å². The van der Waals surface area contributed by atoms with Gasteiger partial charge in [-0.3, -0.25) is 4.79 Å². The average Bonchev–Trinajstić information content (AvgIpc) is 3.06. The molecule has 0 fully saturated rings. The van der Waals surface area contributed by atoms with E-state index in [-0.39, 0.29) is 5.56 Å². The predicted octanol–water partition coefficient (Wildman–Crippen LogP) is 2.07. The van der Waals surface area contributed by atoms with Crippen molar-refractivity contribution in [3.05, 3.63) is 41.9 Å². The van der Waals surface area contributed by atoms with Crippen LogP contribution in [0.3, 0.4) is 0 Å². The van der Waals surface area contributed by atoms with Gasteiger partial charge in [0.25, 0.3) is 5.91 Å². The molecule has 0 aliphatic rings. The number of ether oxygens (including phenoxy) is 3. The molecule has 0 saturated heterocycles. The van der Waals surface area contributed by atoms with Gasteiger partial charge >= 0.3 is 0 Å². The van der Waals surface area contributed by atoms with Gasteiger partial charge in [-0.1, -0.05) is 0 Å². The number of hydrogen-bond donors (Lipinski definition) is 1. The normalized spacial score (nSPS) is 10.5. The molecule has 116 valence electrons. The van der Waals surface area contributed by atoms with Crippen molar-refractivity contribution in [1.29, 1.82) is 0 Å². The highest BCUT2D eigenvalue weighted by Gasteiger charge is 2.17. The maximum absolute atomic E-state index is 12.2. The van der Waals surface area contributed by atoms with Crippen molar-refractivity contribution in [2.45, 2.75) is 0 Å². The fourth-order valence-corrected chi connectivity index (χ4v) is 1.78. The Balaban J connectivity index is 2.20. The Morgan fingerprint density at radius 3 is 2.41 bits per heavy atom. The third-order valence-electron chi connectivity index (χ3n) is 2.87. The highest BCUT2D eigenvalue weighted by atomic mass is 16.5. The highest BCUT2D eigenvalue weighted by Crippen LogP contribution is 2.34. The quantitative estimate of drug-likeness (QED) is 0.652. The van der Waals surface area contributed by atoms with Gasteiger partial charge in [0.1, 0.15) is 5.75 Å². The van der Waals surface area contributed by atoms with E-state index in [1.54, 1.807) is 12.1 Å². The first-order chi connectivity index (χ1) is 10.7. The van der Waals surface area contributed by atoms with E-state index in [1.165, 1.54) is 46.1 Å². The lowest BCUT2D eigenvalue weighted by Crippen LogP contribution is -2.18. The van der Waals surface area contributed by atoms with Gasteiger partial charge in [-0.15, -0.1) is 0 Å². The van der Waals surface area contributed by atoms with Crippen molar-refractivity contribution in [2.75, 3.05) is 21.3 Å². The van der Waals surface area contributed by atoms with Gasteiger partial charge in [-0.2, -0.15) is 5.10 Å². The minimum absolute atomic E-state index is 0.282. The number of methoxy groups -OCH3 is 3. The molecule has 7 heteroatoms. The van der Waals surface area contributed by atoms with Gasteiger partial charge in [0.15, 0.2) is 11.5 Å². The summed E-state index contributed by atoms with van der Waals surface area (Å²) in [6.07, 6.45) is 4.49. The van der Waals surface area contributed by atoms with Gasteiger partial charge in [0.2, 0.25) is 0 Å². The summed E-state index contributed by atoms with van der Waals surface area (Å²) in [4.78, 5) is 12.2. The number of nitrogens with zero attached hydrogens (tertiary/aromatic N) is 1. The number of carbonyl (C=O) groups excluding carboxylic acids is 1. The summed E-state index contributed by atoms with van der Waals surface area (Å²) in [5.74, 6) is 0.816. The van der Waals surface area contributed by atoms with E-state index >= 15 is 0 Å². The molecule has 0 bridgehead atoms. The summed E-state index contributed by atoms with van der Waals surface area (Å²) in [7, 11) is 4.46. The molecule has 0 radical (unpaired) electrons. The van der Waals surface area contributed by atoms with E-state index in [1.807, 2.05) is 0 Å². The van der Waals surface area contributed by atoms with Crippen molar-refractivity contribution in [3.63, 3.8) is 0 Å².